The number of aliphatic hydroxyl groups is 2. The summed E-state index contributed by atoms with van der Waals surface area (Å²) in [5, 5.41) is 25.0. The fraction of sp³-hybridized carbons (Fsp3) is 0.625. The molecule has 0 amide bonds. The van der Waals surface area contributed by atoms with Gasteiger partial charge < -0.3 is 20.3 Å². The summed E-state index contributed by atoms with van der Waals surface area (Å²) in [7, 11) is 1.00. The molecule has 0 unspecified atom stereocenters. The van der Waals surface area contributed by atoms with E-state index in [1.165, 1.54) is 19.3 Å². The van der Waals surface area contributed by atoms with E-state index in [9.17, 15) is 4.79 Å². The molecule has 1 heterocycles. The van der Waals surface area contributed by atoms with E-state index in [1.54, 1.807) is 6.07 Å². The van der Waals surface area contributed by atoms with Gasteiger partial charge in [0.05, 0.1) is 6.10 Å². The average molecular weight is 442 g/mol. The molecule has 1 aliphatic carbocycles. The predicted molar refractivity (Wildman–Crippen MR) is 126 cm³/mol. The first-order valence-corrected chi connectivity index (χ1v) is 11.0. The van der Waals surface area contributed by atoms with Crippen LogP contribution in [0.1, 0.15) is 81.4 Å². The third kappa shape index (κ3) is 16.1. The number of carboxylic acids is 1. The van der Waals surface area contributed by atoms with Crippen molar-refractivity contribution in [2.45, 2.75) is 83.1 Å². The number of rotatable bonds is 9. The Balaban J connectivity index is 0. The second kappa shape index (κ2) is 20.5. The Morgan fingerprint density at radius 1 is 1.30 bits per heavy atom. The van der Waals surface area contributed by atoms with E-state index in [4.69, 9.17) is 26.9 Å². The van der Waals surface area contributed by atoms with Gasteiger partial charge in [-0.3, -0.25) is 0 Å². The maximum atomic E-state index is 10.4. The molecule has 1 aliphatic rings. The fourth-order valence-electron chi connectivity index (χ4n) is 3.10. The summed E-state index contributed by atoms with van der Waals surface area (Å²) in [6.07, 6.45) is 22.4. The van der Waals surface area contributed by atoms with E-state index in [0.717, 1.165) is 57.2 Å². The van der Waals surface area contributed by atoms with Crippen molar-refractivity contribution in [3.8, 4) is 12.8 Å². The average Bonchev–Trinajstić information content (AvgIpc) is 3.37. The van der Waals surface area contributed by atoms with Crippen molar-refractivity contribution in [1.82, 2.24) is 4.98 Å². The summed E-state index contributed by atoms with van der Waals surface area (Å²) in [6.45, 7) is 3.91. The second-order valence-corrected chi connectivity index (χ2v) is 7.80. The van der Waals surface area contributed by atoms with Gasteiger partial charge in [-0.2, -0.15) is 0 Å². The number of aryl methyl sites for hydroxylation is 1. The molecule has 1 aromatic heterocycles. The Hall–Kier alpha value is -1.74. The third-order valence-corrected chi connectivity index (χ3v) is 4.95. The monoisotopic (exact) mass is 441 g/mol. The SMILES string of the molecule is C#C.CCCc1ccc(C(=O)O)[nH]1.CO.C[C@@H](O)CCCC/C=C/[C@H]1CC[C@@H](Cl)C1. The fourth-order valence-corrected chi connectivity index (χ4v) is 3.46. The van der Waals surface area contributed by atoms with Crippen LogP contribution in [-0.4, -0.2) is 44.9 Å². The molecule has 3 atom stereocenters. The number of aromatic carboxylic acids is 1. The highest BCUT2D eigenvalue weighted by atomic mass is 35.5. The van der Waals surface area contributed by atoms with Crippen LogP contribution in [0.15, 0.2) is 24.3 Å². The number of aromatic amines is 1. The molecule has 2 rings (SSSR count). The summed E-state index contributed by atoms with van der Waals surface area (Å²) in [4.78, 5) is 13.2. The molecule has 30 heavy (non-hydrogen) atoms. The van der Waals surface area contributed by atoms with E-state index in [-0.39, 0.29) is 11.8 Å². The van der Waals surface area contributed by atoms with Crippen molar-refractivity contribution in [1.29, 1.82) is 0 Å². The summed E-state index contributed by atoms with van der Waals surface area (Å²) in [5.74, 6) is -0.170. The normalized spacial score (nSPS) is 18.3. The van der Waals surface area contributed by atoms with Gasteiger partial charge in [0.1, 0.15) is 5.69 Å². The molecule has 0 saturated heterocycles. The highest BCUT2D eigenvalue weighted by Gasteiger charge is 2.19. The van der Waals surface area contributed by atoms with Gasteiger partial charge in [0.2, 0.25) is 0 Å². The van der Waals surface area contributed by atoms with Crippen molar-refractivity contribution in [3.05, 3.63) is 35.7 Å². The van der Waals surface area contributed by atoms with Crippen LogP contribution in [0.5, 0.6) is 0 Å². The molecule has 1 saturated carbocycles. The van der Waals surface area contributed by atoms with E-state index < -0.39 is 5.97 Å². The lowest BCUT2D eigenvalue weighted by molar-refractivity contribution is 0.0691. The number of H-pyrrole nitrogens is 1. The number of carbonyl (C=O) groups is 1. The number of halogens is 1. The Morgan fingerprint density at radius 2 is 1.97 bits per heavy atom. The first-order valence-electron chi connectivity index (χ1n) is 10.6. The lowest BCUT2D eigenvalue weighted by Crippen LogP contribution is -1.97. The van der Waals surface area contributed by atoms with Crippen molar-refractivity contribution < 1.29 is 20.1 Å². The highest BCUT2D eigenvalue weighted by molar-refractivity contribution is 6.20. The van der Waals surface area contributed by atoms with Gasteiger partial charge in [-0.1, -0.05) is 31.9 Å². The molecule has 172 valence electrons. The molecular formula is C24H40ClNO4. The minimum atomic E-state index is -0.896. The van der Waals surface area contributed by atoms with Crippen LogP contribution in [0, 0.1) is 18.8 Å². The summed E-state index contributed by atoms with van der Waals surface area (Å²) >= 11 is 6.04. The number of allylic oxidation sites excluding steroid dienone is 2. The Labute approximate surface area is 187 Å². The zero-order valence-electron chi connectivity index (χ0n) is 18.7. The van der Waals surface area contributed by atoms with Crippen LogP contribution in [0.25, 0.3) is 0 Å². The maximum absolute atomic E-state index is 10.4. The van der Waals surface area contributed by atoms with Gasteiger partial charge in [-0.15, -0.1) is 24.4 Å². The van der Waals surface area contributed by atoms with Crippen molar-refractivity contribution in [2.24, 2.45) is 5.92 Å². The second-order valence-electron chi connectivity index (χ2n) is 7.18. The van der Waals surface area contributed by atoms with E-state index >= 15 is 0 Å². The quantitative estimate of drug-likeness (QED) is 0.178. The predicted octanol–water partition coefficient (Wildman–Crippen LogP) is 5.41. The number of hydrogen-bond donors (Lipinski definition) is 4. The minimum Gasteiger partial charge on any atom is -0.477 e. The first kappa shape index (κ1) is 30.5. The number of hydrogen-bond acceptors (Lipinski definition) is 3. The van der Waals surface area contributed by atoms with E-state index in [0.29, 0.717) is 5.38 Å². The van der Waals surface area contributed by atoms with Gasteiger partial charge in [0, 0.05) is 18.2 Å². The molecular weight excluding hydrogens is 402 g/mol. The molecule has 6 heteroatoms. The van der Waals surface area contributed by atoms with Gasteiger partial charge in [0.25, 0.3) is 0 Å². The summed E-state index contributed by atoms with van der Waals surface area (Å²) < 4.78 is 0. The largest absolute Gasteiger partial charge is 0.477 e. The lowest BCUT2D eigenvalue weighted by Gasteiger charge is -2.03. The molecule has 4 N–H and O–H groups in total. The molecule has 0 bridgehead atoms. The van der Waals surface area contributed by atoms with Crippen LogP contribution < -0.4 is 0 Å². The van der Waals surface area contributed by atoms with Crippen molar-refractivity contribution in [2.75, 3.05) is 7.11 Å². The molecule has 1 fully saturated rings. The van der Waals surface area contributed by atoms with E-state index in [1.807, 2.05) is 13.0 Å². The molecule has 1 aromatic rings. The van der Waals surface area contributed by atoms with Crippen LogP contribution in [0.3, 0.4) is 0 Å². The van der Waals surface area contributed by atoms with Crippen molar-refractivity contribution in [3.63, 3.8) is 0 Å². The topological polar surface area (TPSA) is 93.5 Å². The summed E-state index contributed by atoms with van der Waals surface area (Å²) in [6, 6.07) is 3.40. The van der Waals surface area contributed by atoms with Gasteiger partial charge in [-0.05, 0) is 69.9 Å². The van der Waals surface area contributed by atoms with Gasteiger partial charge in [-0.25, -0.2) is 4.79 Å². The number of alkyl halides is 1. The van der Waals surface area contributed by atoms with Crippen LogP contribution in [0.4, 0.5) is 0 Å². The third-order valence-electron chi connectivity index (χ3n) is 4.56. The number of terminal acetylenes is 1. The standard InChI is InChI=1S/C13H23ClO.C8H11NO2.C2H2.CH4O/c1-11(15)6-4-2-3-5-7-12-8-9-13(14)10-12;1-2-3-6-4-5-7(9-6)8(10)11;2*1-2/h5,7,11-13,15H,2-4,6,8-10H2,1H3;4-5,9H,2-3H2,1H3,(H,10,11);1-2H;2H,1H3/b7-5+;;;/t11-,12+,13-;;;/m1.../s1. The van der Waals surface area contributed by atoms with Crippen LogP contribution in [-0.2, 0) is 6.42 Å². The number of aliphatic hydroxyl groups excluding tert-OH is 2. The highest BCUT2D eigenvalue weighted by Crippen LogP contribution is 2.30. The smallest absolute Gasteiger partial charge is 0.352 e. The lowest BCUT2D eigenvalue weighted by atomic mass is 10.1. The Bertz CT molecular complexity index is 581. The molecule has 0 aromatic carbocycles. The molecule has 5 nitrogen and oxygen atoms in total. The zero-order chi connectivity index (χ0) is 23.4. The Morgan fingerprint density at radius 3 is 2.43 bits per heavy atom. The van der Waals surface area contributed by atoms with Crippen LogP contribution >= 0.6 is 11.6 Å². The molecule has 0 spiro atoms. The van der Waals surface area contributed by atoms with Crippen LogP contribution in [0.2, 0.25) is 0 Å². The number of aromatic nitrogens is 1. The summed E-state index contributed by atoms with van der Waals surface area (Å²) in [5.41, 5.74) is 1.26. The minimum absolute atomic E-state index is 0.138. The van der Waals surface area contributed by atoms with Crippen molar-refractivity contribution >= 4 is 17.6 Å². The maximum Gasteiger partial charge on any atom is 0.352 e. The first-order chi connectivity index (χ1) is 14.4. The number of nitrogens with one attached hydrogen (secondary N) is 1. The number of carboxylic acid groups (broad SMARTS) is 1. The zero-order valence-corrected chi connectivity index (χ0v) is 19.4. The molecule has 0 radical (unpaired) electrons. The van der Waals surface area contributed by atoms with Gasteiger partial charge >= 0.3 is 5.97 Å². The molecule has 0 aliphatic heterocycles. The van der Waals surface area contributed by atoms with E-state index in [2.05, 4.69) is 36.9 Å². The number of unbranched alkanes of at least 4 members (excludes halogenated alkanes) is 2. The van der Waals surface area contributed by atoms with Gasteiger partial charge in [0.15, 0.2) is 0 Å². The Kier molecular flexibility index (Phi) is 20.8.